The molecule has 4 nitrogen and oxygen atoms in total. The molecule has 0 aliphatic heterocycles. The van der Waals surface area contributed by atoms with Gasteiger partial charge < -0.3 is 10.6 Å². The van der Waals surface area contributed by atoms with Gasteiger partial charge in [-0.25, -0.2) is 9.37 Å². The van der Waals surface area contributed by atoms with Crippen molar-refractivity contribution in [3.05, 3.63) is 53.5 Å². The summed E-state index contributed by atoms with van der Waals surface area (Å²) in [7, 11) is 1.63. The molecule has 5 heteroatoms. The molecule has 0 bridgehead atoms. The normalized spacial score (nSPS) is 10.1. The van der Waals surface area contributed by atoms with E-state index in [1.807, 2.05) is 25.1 Å². The molecule has 0 fully saturated rings. The van der Waals surface area contributed by atoms with Crippen molar-refractivity contribution in [3.8, 4) is 0 Å². The maximum Gasteiger partial charge on any atom is 0.259 e. The molecule has 2 rings (SSSR count). The summed E-state index contributed by atoms with van der Waals surface area (Å²) in [6.45, 7) is 1.89. The van der Waals surface area contributed by atoms with Crippen LogP contribution in [0.4, 0.5) is 15.9 Å². The SMILES string of the molecule is CNc1ncc(F)cc1C(=O)Nc1ccccc1C. The van der Waals surface area contributed by atoms with Crippen LogP contribution in [-0.2, 0) is 0 Å². The minimum Gasteiger partial charge on any atom is -0.372 e. The van der Waals surface area contributed by atoms with E-state index in [1.165, 1.54) is 0 Å². The molecule has 1 aromatic heterocycles. The first-order valence-electron chi connectivity index (χ1n) is 5.82. The first kappa shape index (κ1) is 13.0. The number of anilines is 2. The monoisotopic (exact) mass is 259 g/mol. The summed E-state index contributed by atoms with van der Waals surface area (Å²) in [4.78, 5) is 16.0. The molecule has 98 valence electrons. The highest BCUT2D eigenvalue weighted by Crippen LogP contribution is 2.18. The van der Waals surface area contributed by atoms with Gasteiger partial charge in [0, 0.05) is 12.7 Å². The Hall–Kier alpha value is -2.43. The van der Waals surface area contributed by atoms with Crippen molar-refractivity contribution >= 4 is 17.4 Å². The molecule has 0 spiro atoms. The minimum atomic E-state index is -0.547. The Kier molecular flexibility index (Phi) is 3.75. The van der Waals surface area contributed by atoms with E-state index in [-0.39, 0.29) is 5.56 Å². The number of carbonyl (C=O) groups excluding carboxylic acids is 1. The van der Waals surface area contributed by atoms with Gasteiger partial charge in [0.1, 0.15) is 11.6 Å². The molecule has 1 aromatic carbocycles. The van der Waals surface area contributed by atoms with Crippen molar-refractivity contribution in [2.24, 2.45) is 0 Å². The lowest BCUT2D eigenvalue weighted by atomic mass is 10.2. The molecular weight excluding hydrogens is 245 g/mol. The number of nitrogens with one attached hydrogen (secondary N) is 2. The van der Waals surface area contributed by atoms with E-state index in [0.29, 0.717) is 11.5 Å². The van der Waals surface area contributed by atoms with Crippen LogP contribution in [0.3, 0.4) is 0 Å². The van der Waals surface area contributed by atoms with Crippen LogP contribution in [0, 0.1) is 12.7 Å². The molecule has 0 radical (unpaired) electrons. The Morgan fingerprint density at radius 1 is 1.32 bits per heavy atom. The van der Waals surface area contributed by atoms with Gasteiger partial charge in [0.15, 0.2) is 0 Å². The van der Waals surface area contributed by atoms with Gasteiger partial charge in [-0.2, -0.15) is 0 Å². The second-order valence-corrected chi connectivity index (χ2v) is 4.07. The predicted molar refractivity (Wildman–Crippen MR) is 72.9 cm³/mol. The van der Waals surface area contributed by atoms with Gasteiger partial charge in [0.25, 0.3) is 5.91 Å². The number of amides is 1. The number of carbonyl (C=O) groups is 1. The summed E-state index contributed by atoms with van der Waals surface area (Å²) in [5, 5.41) is 5.51. The summed E-state index contributed by atoms with van der Waals surface area (Å²) in [6, 6.07) is 8.54. The number of hydrogen-bond acceptors (Lipinski definition) is 3. The fourth-order valence-corrected chi connectivity index (χ4v) is 1.71. The van der Waals surface area contributed by atoms with Gasteiger partial charge >= 0.3 is 0 Å². The first-order valence-corrected chi connectivity index (χ1v) is 5.82. The third kappa shape index (κ3) is 2.88. The number of para-hydroxylation sites is 1. The number of aryl methyl sites for hydroxylation is 1. The number of aromatic nitrogens is 1. The third-order valence-corrected chi connectivity index (χ3v) is 2.73. The van der Waals surface area contributed by atoms with E-state index in [1.54, 1.807) is 13.1 Å². The van der Waals surface area contributed by atoms with E-state index in [0.717, 1.165) is 17.8 Å². The Balaban J connectivity index is 2.30. The fourth-order valence-electron chi connectivity index (χ4n) is 1.71. The molecule has 0 unspecified atom stereocenters. The summed E-state index contributed by atoms with van der Waals surface area (Å²) in [6.07, 6.45) is 1.07. The summed E-state index contributed by atoms with van der Waals surface area (Å²) < 4.78 is 13.2. The average molecular weight is 259 g/mol. The predicted octanol–water partition coefficient (Wildman–Crippen LogP) is 2.82. The Morgan fingerprint density at radius 3 is 2.74 bits per heavy atom. The van der Waals surface area contributed by atoms with Crippen LogP contribution < -0.4 is 10.6 Å². The fraction of sp³-hybridized carbons (Fsp3) is 0.143. The number of rotatable bonds is 3. The smallest absolute Gasteiger partial charge is 0.259 e. The maximum absolute atomic E-state index is 13.2. The van der Waals surface area contributed by atoms with Crippen molar-refractivity contribution in [1.29, 1.82) is 0 Å². The number of nitrogens with zero attached hydrogens (tertiary/aromatic N) is 1. The van der Waals surface area contributed by atoms with Gasteiger partial charge in [0.05, 0.1) is 11.8 Å². The molecular formula is C14H14FN3O. The zero-order valence-electron chi connectivity index (χ0n) is 10.7. The van der Waals surface area contributed by atoms with Gasteiger partial charge in [-0.3, -0.25) is 4.79 Å². The molecule has 1 amide bonds. The molecule has 2 N–H and O–H groups in total. The lowest BCUT2D eigenvalue weighted by molar-refractivity contribution is 0.102. The lowest BCUT2D eigenvalue weighted by Crippen LogP contribution is -2.15. The minimum absolute atomic E-state index is 0.172. The van der Waals surface area contributed by atoms with E-state index in [4.69, 9.17) is 0 Å². The van der Waals surface area contributed by atoms with Crippen molar-refractivity contribution < 1.29 is 9.18 Å². The van der Waals surface area contributed by atoms with Crippen LogP contribution >= 0.6 is 0 Å². The largest absolute Gasteiger partial charge is 0.372 e. The molecule has 0 saturated heterocycles. The molecule has 2 aromatic rings. The molecule has 1 heterocycles. The summed E-state index contributed by atoms with van der Waals surface area (Å²) >= 11 is 0. The van der Waals surface area contributed by atoms with E-state index < -0.39 is 11.7 Å². The Morgan fingerprint density at radius 2 is 2.05 bits per heavy atom. The van der Waals surface area contributed by atoms with Crippen molar-refractivity contribution in [2.75, 3.05) is 17.7 Å². The third-order valence-electron chi connectivity index (χ3n) is 2.73. The number of pyridine rings is 1. The van der Waals surface area contributed by atoms with E-state index in [2.05, 4.69) is 15.6 Å². The second-order valence-electron chi connectivity index (χ2n) is 4.07. The Labute approximate surface area is 110 Å². The topological polar surface area (TPSA) is 54.0 Å². The standard InChI is InChI=1S/C14H14FN3O/c1-9-5-3-4-6-12(9)18-14(19)11-7-10(15)8-17-13(11)16-2/h3-8H,1-2H3,(H,16,17)(H,18,19). The zero-order valence-corrected chi connectivity index (χ0v) is 10.7. The van der Waals surface area contributed by atoms with Crippen LogP contribution in [0.1, 0.15) is 15.9 Å². The van der Waals surface area contributed by atoms with Gasteiger partial charge in [-0.05, 0) is 24.6 Å². The van der Waals surface area contributed by atoms with Crippen LogP contribution in [0.2, 0.25) is 0 Å². The highest BCUT2D eigenvalue weighted by Gasteiger charge is 2.14. The average Bonchev–Trinajstić information content (AvgIpc) is 2.41. The molecule has 0 saturated carbocycles. The molecule has 19 heavy (non-hydrogen) atoms. The maximum atomic E-state index is 13.2. The van der Waals surface area contributed by atoms with Gasteiger partial charge in [-0.15, -0.1) is 0 Å². The molecule has 0 atom stereocenters. The van der Waals surface area contributed by atoms with Crippen LogP contribution in [0.25, 0.3) is 0 Å². The van der Waals surface area contributed by atoms with Gasteiger partial charge in [0.2, 0.25) is 0 Å². The highest BCUT2D eigenvalue weighted by molar-refractivity contribution is 6.07. The van der Waals surface area contributed by atoms with Crippen LogP contribution in [-0.4, -0.2) is 17.9 Å². The van der Waals surface area contributed by atoms with Crippen molar-refractivity contribution in [3.63, 3.8) is 0 Å². The first-order chi connectivity index (χ1) is 9.11. The van der Waals surface area contributed by atoms with E-state index in [9.17, 15) is 9.18 Å². The summed E-state index contributed by atoms with van der Waals surface area (Å²) in [5.41, 5.74) is 1.80. The molecule has 0 aliphatic rings. The summed E-state index contributed by atoms with van der Waals surface area (Å²) in [5.74, 6) is -0.605. The second kappa shape index (κ2) is 5.48. The van der Waals surface area contributed by atoms with Crippen LogP contribution in [0.15, 0.2) is 36.5 Å². The number of benzene rings is 1. The highest BCUT2D eigenvalue weighted by atomic mass is 19.1. The van der Waals surface area contributed by atoms with E-state index >= 15 is 0 Å². The van der Waals surface area contributed by atoms with Crippen molar-refractivity contribution in [1.82, 2.24) is 4.98 Å². The zero-order chi connectivity index (χ0) is 13.8. The lowest BCUT2D eigenvalue weighted by Gasteiger charge is -2.10. The van der Waals surface area contributed by atoms with Gasteiger partial charge in [-0.1, -0.05) is 18.2 Å². The Bertz CT molecular complexity index is 613. The number of hydrogen-bond donors (Lipinski definition) is 2. The van der Waals surface area contributed by atoms with Crippen LogP contribution in [0.5, 0.6) is 0 Å². The van der Waals surface area contributed by atoms with Crippen molar-refractivity contribution in [2.45, 2.75) is 6.92 Å². The molecule has 0 aliphatic carbocycles. The quantitative estimate of drug-likeness (QED) is 0.891. The number of halogens is 1.